The third kappa shape index (κ3) is 3.99. The number of amides is 1. The summed E-state index contributed by atoms with van der Waals surface area (Å²) in [6.07, 6.45) is 2.31. The minimum Gasteiger partial charge on any atom is -0.495 e. The summed E-state index contributed by atoms with van der Waals surface area (Å²) in [7, 11) is 1.50. The molecule has 0 saturated carbocycles. The standard InChI is InChI=1S/C12H16N4O2/c1-3-4-5-12(17)14-10-7-6-9(15-16-13)8-11(10)18-2/h6-8H,3-5H2,1-2H3,(H,14,17). The zero-order chi connectivity index (χ0) is 13.4. The van der Waals surface area contributed by atoms with Gasteiger partial charge in [0.15, 0.2) is 0 Å². The van der Waals surface area contributed by atoms with Crippen molar-refractivity contribution >= 4 is 17.3 Å². The average molecular weight is 248 g/mol. The third-order valence-corrected chi connectivity index (χ3v) is 2.38. The first-order valence-corrected chi connectivity index (χ1v) is 5.74. The number of carbonyl (C=O) groups is 1. The van der Waals surface area contributed by atoms with E-state index in [0.717, 1.165) is 12.8 Å². The summed E-state index contributed by atoms with van der Waals surface area (Å²) in [6, 6.07) is 4.86. The molecule has 1 aromatic rings. The zero-order valence-electron chi connectivity index (χ0n) is 10.5. The van der Waals surface area contributed by atoms with Gasteiger partial charge in [-0.1, -0.05) is 24.5 Å². The Morgan fingerprint density at radius 3 is 2.94 bits per heavy atom. The van der Waals surface area contributed by atoms with E-state index in [2.05, 4.69) is 15.3 Å². The van der Waals surface area contributed by atoms with Crippen LogP contribution in [0.5, 0.6) is 5.75 Å². The van der Waals surface area contributed by atoms with Crippen molar-refractivity contribution in [1.29, 1.82) is 0 Å². The maximum Gasteiger partial charge on any atom is 0.224 e. The van der Waals surface area contributed by atoms with Crippen molar-refractivity contribution in [2.45, 2.75) is 26.2 Å². The molecule has 1 N–H and O–H groups in total. The van der Waals surface area contributed by atoms with E-state index >= 15 is 0 Å². The Labute approximate surface area is 106 Å². The number of nitrogens with one attached hydrogen (secondary N) is 1. The normalized spacial score (nSPS) is 9.44. The van der Waals surface area contributed by atoms with E-state index in [4.69, 9.17) is 10.3 Å². The molecule has 0 saturated heterocycles. The second-order valence-corrected chi connectivity index (χ2v) is 3.73. The second-order valence-electron chi connectivity index (χ2n) is 3.73. The van der Waals surface area contributed by atoms with Crippen LogP contribution in [0.15, 0.2) is 23.3 Å². The van der Waals surface area contributed by atoms with Gasteiger partial charge in [0.1, 0.15) is 5.75 Å². The fraction of sp³-hybridized carbons (Fsp3) is 0.417. The average Bonchev–Trinajstić information content (AvgIpc) is 2.38. The fourth-order valence-corrected chi connectivity index (χ4v) is 1.45. The number of unbranched alkanes of at least 4 members (excludes halogenated alkanes) is 1. The van der Waals surface area contributed by atoms with Crippen molar-refractivity contribution < 1.29 is 9.53 Å². The number of azide groups is 1. The number of ether oxygens (including phenoxy) is 1. The van der Waals surface area contributed by atoms with Crippen LogP contribution in [0, 0.1) is 0 Å². The van der Waals surface area contributed by atoms with Crippen molar-refractivity contribution in [2.75, 3.05) is 12.4 Å². The quantitative estimate of drug-likeness (QED) is 0.472. The number of rotatable bonds is 6. The van der Waals surface area contributed by atoms with Crippen LogP contribution in [0.25, 0.3) is 10.4 Å². The van der Waals surface area contributed by atoms with E-state index in [1.54, 1.807) is 18.2 Å². The molecule has 0 aromatic heterocycles. The lowest BCUT2D eigenvalue weighted by molar-refractivity contribution is -0.116. The molecule has 1 amide bonds. The molecule has 0 bridgehead atoms. The van der Waals surface area contributed by atoms with Gasteiger partial charge in [-0.05, 0) is 24.1 Å². The highest BCUT2D eigenvalue weighted by molar-refractivity contribution is 5.92. The van der Waals surface area contributed by atoms with E-state index in [1.807, 2.05) is 6.92 Å². The van der Waals surface area contributed by atoms with E-state index in [-0.39, 0.29) is 5.91 Å². The predicted octanol–water partition coefficient (Wildman–Crippen LogP) is 3.77. The number of benzene rings is 1. The first kappa shape index (κ1) is 13.9. The molecule has 0 aliphatic rings. The highest BCUT2D eigenvalue weighted by atomic mass is 16.5. The lowest BCUT2D eigenvalue weighted by Gasteiger charge is -2.10. The second kappa shape index (κ2) is 7.19. The Morgan fingerprint density at radius 2 is 2.33 bits per heavy atom. The molecule has 6 heteroatoms. The fourth-order valence-electron chi connectivity index (χ4n) is 1.45. The monoisotopic (exact) mass is 248 g/mol. The number of nitrogens with zero attached hydrogens (tertiary/aromatic N) is 3. The van der Waals surface area contributed by atoms with E-state index in [1.165, 1.54) is 7.11 Å². The van der Waals surface area contributed by atoms with Crippen molar-refractivity contribution in [3.8, 4) is 5.75 Å². The van der Waals surface area contributed by atoms with Crippen molar-refractivity contribution in [3.63, 3.8) is 0 Å². The molecule has 0 heterocycles. The number of anilines is 1. The summed E-state index contributed by atoms with van der Waals surface area (Å²) in [5, 5.41) is 6.24. The van der Waals surface area contributed by atoms with Gasteiger partial charge in [-0.15, -0.1) is 0 Å². The van der Waals surface area contributed by atoms with Crippen LogP contribution in [0.4, 0.5) is 11.4 Å². The largest absolute Gasteiger partial charge is 0.495 e. The molecular formula is C12H16N4O2. The highest BCUT2D eigenvalue weighted by Gasteiger charge is 2.07. The van der Waals surface area contributed by atoms with E-state index in [9.17, 15) is 4.79 Å². The van der Waals surface area contributed by atoms with Gasteiger partial charge in [0.2, 0.25) is 5.91 Å². The summed E-state index contributed by atoms with van der Waals surface area (Å²) in [4.78, 5) is 14.3. The van der Waals surface area contributed by atoms with Gasteiger partial charge >= 0.3 is 0 Å². The molecule has 18 heavy (non-hydrogen) atoms. The lowest BCUT2D eigenvalue weighted by Crippen LogP contribution is -2.11. The van der Waals surface area contributed by atoms with Crippen molar-refractivity contribution in [2.24, 2.45) is 5.11 Å². The van der Waals surface area contributed by atoms with Crippen LogP contribution in [0.1, 0.15) is 26.2 Å². The Kier molecular flexibility index (Phi) is 5.54. The van der Waals surface area contributed by atoms with Crippen molar-refractivity contribution in [3.05, 3.63) is 28.6 Å². The molecular weight excluding hydrogens is 232 g/mol. The van der Waals surface area contributed by atoms with E-state index < -0.39 is 0 Å². The smallest absolute Gasteiger partial charge is 0.224 e. The summed E-state index contributed by atoms with van der Waals surface area (Å²) < 4.78 is 5.14. The summed E-state index contributed by atoms with van der Waals surface area (Å²) >= 11 is 0. The molecule has 96 valence electrons. The molecule has 1 rings (SSSR count). The molecule has 0 radical (unpaired) electrons. The van der Waals surface area contributed by atoms with Crippen LogP contribution < -0.4 is 10.1 Å². The maximum absolute atomic E-state index is 11.6. The lowest BCUT2D eigenvalue weighted by atomic mass is 10.2. The van der Waals surface area contributed by atoms with Gasteiger partial charge in [-0.3, -0.25) is 4.79 Å². The number of carbonyl (C=O) groups excluding carboxylic acids is 1. The van der Waals surface area contributed by atoms with Crippen LogP contribution in [0.3, 0.4) is 0 Å². The van der Waals surface area contributed by atoms with E-state index in [0.29, 0.717) is 23.5 Å². The molecule has 0 fully saturated rings. The molecule has 0 atom stereocenters. The van der Waals surface area contributed by atoms with Crippen LogP contribution in [-0.2, 0) is 4.79 Å². The van der Waals surface area contributed by atoms with Crippen LogP contribution in [-0.4, -0.2) is 13.0 Å². The Hall–Kier alpha value is -2.20. The highest BCUT2D eigenvalue weighted by Crippen LogP contribution is 2.29. The summed E-state index contributed by atoms with van der Waals surface area (Å²) in [5.41, 5.74) is 9.37. The number of hydrogen-bond donors (Lipinski definition) is 1. The van der Waals surface area contributed by atoms with Gasteiger partial charge in [0, 0.05) is 17.0 Å². The van der Waals surface area contributed by atoms with Crippen molar-refractivity contribution in [1.82, 2.24) is 0 Å². The SMILES string of the molecule is CCCCC(=O)Nc1ccc(N=[N+]=[N-])cc1OC. The minimum absolute atomic E-state index is 0.0494. The van der Waals surface area contributed by atoms with Gasteiger partial charge < -0.3 is 10.1 Å². The molecule has 0 aliphatic heterocycles. The zero-order valence-corrected chi connectivity index (χ0v) is 10.5. The molecule has 6 nitrogen and oxygen atoms in total. The Morgan fingerprint density at radius 1 is 1.56 bits per heavy atom. The van der Waals surface area contributed by atoms with Gasteiger partial charge in [-0.2, -0.15) is 0 Å². The topological polar surface area (TPSA) is 87.1 Å². The minimum atomic E-state index is -0.0494. The summed E-state index contributed by atoms with van der Waals surface area (Å²) in [6.45, 7) is 2.03. The summed E-state index contributed by atoms with van der Waals surface area (Å²) in [5.74, 6) is 0.427. The number of methoxy groups -OCH3 is 1. The molecule has 0 aliphatic carbocycles. The van der Waals surface area contributed by atoms with Crippen LogP contribution >= 0.6 is 0 Å². The third-order valence-electron chi connectivity index (χ3n) is 2.38. The first-order chi connectivity index (χ1) is 8.71. The van der Waals surface area contributed by atoms with Crippen LogP contribution in [0.2, 0.25) is 0 Å². The first-order valence-electron chi connectivity index (χ1n) is 5.74. The predicted molar refractivity (Wildman–Crippen MR) is 70.0 cm³/mol. The Bertz CT molecular complexity index is 467. The van der Waals surface area contributed by atoms with Gasteiger partial charge in [-0.25, -0.2) is 0 Å². The van der Waals surface area contributed by atoms with Gasteiger partial charge in [0.05, 0.1) is 12.8 Å². The molecule has 0 unspecified atom stereocenters. The van der Waals surface area contributed by atoms with Gasteiger partial charge in [0.25, 0.3) is 0 Å². The Balaban J connectivity index is 2.82. The molecule has 1 aromatic carbocycles. The maximum atomic E-state index is 11.6. The molecule has 0 spiro atoms. The number of hydrogen-bond acceptors (Lipinski definition) is 3.